The summed E-state index contributed by atoms with van der Waals surface area (Å²) in [6, 6.07) is 42.9. The van der Waals surface area contributed by atoms with Crippen molar-refractivity contribution in [1.29, 1.82) is 5.41 Å². The fourth-order valence-electron chi connectivity index (χ4n) is 4.31. The molecule has 0 bridgehead atoms. The standard InChI is InChI=1S/C32H25N5O2/c33-32-30(35-37(26-18-9-3-10-19-26)27-20-11-4-12-21-27)29(31(39-32)28-22-13-23-38-28)34-36(24-14-5-1-6-15-24)25-16-7-2-8-17-25/h1-23,31,33H/b33-32?,34-29-,35-30+/t31-/m1/s1. The molecule has 0 aliphatic carbocycles. The van der Waals surface area contributed by atoms with Crippen LogP contribution in [0.15, 0.2) is 154 Å². The Hall–Kier alpha value is -5.43. The molecule has 1 atom stereocenters. The van der Waals surface area contributed by atoms with Gasteiger partial charge in [-0.2, -0.15) is 10.2 Å². The molecule has 39 heavy (non-hydrogen) atoms. The Kier molecular flexibility index (Phi) is 6.69. The van der Waals surface area contributed by atoms with Crippen LogP contribution < -0.4 is 10.0 Å². The minimum Gasteiger partial charge on any atom is -0.465 e. The van der Waals surface area contributed by atoms with Gasteiger partial charge in [-0.25, -0.2) is 10.0 Å². The number of nitrogens with one attached hydrogen (secondary N) is 1. The molecule has 4 aromatic carbocycles. The molecule has 1 aliphatic heterocycles. The van der Waals surface area contributed by atoms with Crippen LogP contribution in [0.2, 0.25) is 0 Å². The molecule has 1 aliphatic rings. The van der Waals surface area contributed by atoms with Gasteiger partial charge in [0.15, 0.2) is 11.5 Å². The highest BCUT2D eigenvalue weighted by Gasteiger charge is 2.40. The molecule has 6 rings (SSSR count). The average molecular weight is 512 g/mol. The molecule has 0 amide bonds. The first-order valence-corrected chi connectivity index (χ1v) is 12.5. The zero-order chi connectivity index (χ0) is 26.4. The van der Waals surface area contributed by atoms with Crippen molar-refractivity contribution in [1.82, 2.24) is 0 Å². The summed E-state index contributed by atoms with van der Waals surface area (Å²) in [5.41, 5.74) is 4.16. The van der Waals surface area contributed by atoms with Crippen LogP contribution in [-0.2, 0) is 4.74 Å². The number of hydrogen-bond acceptors (Lipinski definition) is 7. The van der Waals surface area contributed by atoms with E-state index in [1.165, 1.54) is 0 Å². The Bertz CT molecular complexity index is 1510. The third-order valence-electron chi connectivity index (χ3n) is 6.15. The second-order valence-electron chi connectivity index (χ2n) is 8.74. The van der Waals surface area contributed by atoms with Crippen molar-refractivity contribution in [3.63, 3.8) is 0 Å². The molecule has 1 N–H and O–H groups in total. The quantitative estimate of drug-likeness (QED) is 0.227. The summed E-state index contributed by atoms with van der Waals surface area (Å²) in [6.45, 7) is 0. The summed E-state index contributed by atoms with van der Waals surface area (Å²) < 4.78 is 11.8. The number of hydrazone groups is 2. The lowest BCUT2D eigenvalue weighted by Crippen LogP contribution is -2.25. The number of ether oxygens (including phenoxy) is 1. The topological polar surface area (TPSA) is 77.4 Å². The highest BCUT2D eigenvalue weighted by molar-refractivity contribution is 6.69. The predicted molar refractivity (Wildman–Crippen MR) is 155 cm³/mol. The van der Waals surface area contributed by atoms with Crippen molar-refractivity contribution in [3.05, 3.63) is 145 Å². The molecule has 7 nitrogen and oxygen atoms in total. The molecule has 190 valence electrons. The molecule has 0 saturated carbocycles. The second-order valence-corrected chi connectivity index (χ2v) is 8.74. The molecular formula is C32H25N5O2. The lowest BCUT2D eigenvalue weighted by molar-refractivity contribution is 0.240. The van der Waals surface area contributed by atoms with Crippen molar-refractivity contribution in [2.75, 3.05) is 10.0 Å². The molecule has 0 unspecified atom stereocenters. The van der Waals surface area contributed by atoms with Gasteiger partial charge in [-0.3, -0.25) is 5.41 Å². The zero-order valence-electron chi connectivity index (χ0n) is 21.0. The van der Waals surface area contributed by atoms with Crippen LogP contribution in [0, 0.1) is 5.41 Å². The smallest absolute Gasteiger partial charge is 0.237 e. The minimum atomic E-state index is -0.741. The van der Waals surface area contributed by atoms with Gasteiger partial charge >= 0.3 is 0 Å². The SMILES string of the molecule is N=C1O[C@H](c2ccco2)C(=N\N(c2ccccc2)c2ccccc2)/C1=N\N(c1ccccc1)c1ccccc1. The van der Waals surface area contributed by atoms with Gasteiger partial charge in [-0.15, -0.1) is 0 Å². The van der Waals surface area contributed by atoms with Gasteiger partial charge in [0.25, 0.3) is 0 Å². The van der Waals surface area contributed by atoms with Crippen LogP contribution in [0.25, 0.3) is 0 Å². The zero-order valence-corrected chi connectivity index (χ0v) is 21.0. The van der Waals surface area contributed by atoms with Crippen molar-refractivity contribution < 1.29 is 9.15 Å². The van der Waals surface area contributed by atoms with E-state index in [0.29, 0.717) is 17.2 Å². The summed E-state index contributed by atoms with van der Waals surface area (Å²) >= 11 is 0. The Labute approximate surface area is 226 Å². The second kappa shape index (κ2) is 10.9. The molecule has 0 radical (unpaired) electrons. The summed E-state index contributed by atoms with van der Waals surface area (Å²) in [7, 11) is 0. The van der Waals surface area contributed by atoms with E-state index >= 15 is 0 Å². The van der Waals surface area contributed by atoms with E-state index in [2.05, 4.69) is 0 Å². The van der Waals surface area contributed by atoms with Gasteiger partial charge in [0.1, 0.15) is 5.71 Å². The molecule has 2 heterocycles. The maximum Gasteiger partial charge on any atom is 0.237 e. The number of benzene rings is 4. The summed E-state index contributed by atoms with van der Waals surface area (Å²) in [6.07, 6.45) is 0.844. The van der Waals surface area contributed by atoms with E-state index in [1.807, 2.05) is 132 Å². The number of rotatable bonds is 7. The average Bonchev–Trinajstić information content (AvgIpc) is 3.64. The van der Waals surface area contributed by atoms with Crippen LogP contribution in [0.5, 0.6) is 0 Å². The van der Waals surface area contributed by atoms with Crippen LogP contribution in [0.3, 0.4) is 0 Å². The maximum absolute atomic E-state index is 8.82. The molecule has 1 aromatic heterocycles. The van der Waals surface area contributed by atoms with Crippen LogP contribution in [-0.4, -0.2) is 17.3 Å². The molecule has 7 heteroatoms. The van der Waals surface area contributed by atoms with E-state index < -0.39 is 6.10 Å². The van der Waals surface area contributed by atoms with Gasteiger partial charge in [-0.1, -0.05) is 72.8 Å². The molecule has 5 aromatic rings. The third kappa shape index (κ3) is 5.06. The number of hydrogen-bond donors (Lipinski definition) is 1. The predicted octanol–water partition coefficient (Wildman–Crippen LogP) is 7.72. The van der Waals surface area contributed by atoms with E-state index in [4.69, 9.17) is 24.8 Å². The Morgan fingerprint density at radius 2 is 0.974 bits per heavy atom. The largest absolute Gasteiger partial charge is 0.465 e. The van der Waals surface area contributed by atoms with Crippen LogP contribution in [0.4, 0.5) is 22.7 Å². The molecular weight excluding hydrogens is 486 g/mol. The van der Waals surface area contributed by atoms with Crippen molar-refractivity contribution >= 4 is 40.1 Å². The maximum atomic E-state index is 8.82. The number of furan rings is 1. The summed E-state index contributed by atoms with van der Waals surface area (Å²) in [5, 5.41) is 22.5. The fourth-order valence-corrected chi connectivity index (χ4v) is 4.31. The summed E-state index contributed by atoms with van der Waals surface area (Å²) in [5.74, 6) is 0.448. The van der Waals surface area contributed by atoms with Gasteiger partial charge < -0.3 is 9.15 Å². The normalized spacial score (nSPS) is 16.8. The summed E-state index contributed by atoms with van der Waals surface area (Å²) in [4.78, 5) is 0. The lowest BCUT2D eigenvalue weighted by atomic mass is 10.1. The number of nitrogens with zero attached hydrogens (tertiary/aromatic N) is 4. The monoisotopic (exact) mass is 511 g/mol. The van der Waals surface area contributed by atoms with Crippen molar-refractivity contribution in [2.24, 2.45) is 10.2 Å². The van der Waals surface area contributed by atoms with Gasteiger partial charge in [0.2, 0.25) is 12.0 Å². The van der Waals surface area contributed by atoms with Gasteiger partial charge in [0, 0.05) is 0 Å². The van der Waals surface area contributed by atoms with Crippen molar-refractivity contribution in [2.45, 2.75) is 6.10 Å². The van der Waals surface area contributed by atoms with Crippen LogP contribution >= 0.6 is 0 Å². The Balaban J connectivity index is 1.54. The lowest BCUT2D eigenvalue weighted by Gasteiger charge is -2.22. The first kappa shape index (κ1) is 23.9. The minimum absolute atomic E-state index is 0.0897. The number of para-hydroxylation sites is 4. The van der Waals surface area contributed by atoms with Gasteiger partial charge in [-0.05, 0) is 60.7 Å². The fraction of sp³-hybridized carbons (Fsp3) is 0.0312. The van der Waals surface area contributed by atoms with E-state index in [1.54, 1.807) is 17.3 Å². The first-order chi connectivity index (χ1) is 19.3. The molecule has 1 fully saturated rings. The Morgan fingerprint density at radius 1 is 0.538 bits per heavy atom. The van der Waals surface area contributed by atoms with E-state index in [9.17, 15) is 0 Å². The number of anilines is 4. The Morgan fingerprint density at radius 3 is 1.38 bits per heavy atom. The highest BCUT2D eigenvalue weighted by atomic mass is 16.5. The van der Waals surface area contributed by atoms with E-state index in [-0.39, 0.29) is 5.90 Å². The van der Waals surface area contributed by atoms with Crippen molar-refractivity contribution in [3.8, 4) is 0 Å². The molecule has 0 spiro atoms. The third-order valence-corrected chi connectivity index (χ3v) is 6.15. The van der Waals surface area contributed by atoms with E-state index in [0.717, 1.165) is 22.7 Å². The van der Waals surface area contributed by atoms with Gasteiger partial charge in [0.05, 0.1) is 29.0 Å². The molecule has 1 saturated heterocycles. The highest BCUT2D eigenvalue weighted by Crippen LogP contribution is 2.33. The van der Waals surface area contributed by atoms with Crippen LogP contribution in [0.1, 0.15) is 11.9 Å². The first-order valence-electron chi connectivity index (χ1n) is 12.5.